The predicted octanol–water partition coefficient (Wildman–Crippen LogP) is 2.10. The summed E-state index contributed by atoms with van der Waals surface area (Å²) in [4.78, 5) is 0.874. The van der Waals surface area contributed by atoms with Crippen LogP contribution in [0.15, 0.2) is 17.5 Å². The molecule has 0 spiro atoms. The number of rotatable bonds is 2. The zero-order valence-electron chi connectivity index (χ0n) is 8.35. The first-order valence-electron chi connectivity index (χ1n) is 4.99. The van der Waals surface area contributed by atoms with Gasteiger partial charge >= 0.3 is 0 Å². The average Bonchev–Trinajstić information content (AvgIpc) is 2.82. The molecule has 4 heteroatoms. The number of thiophene rings is 1. The van der Waals surface area contributed by atoms with Crippen molar-refractivity contribution in [1.29, 1.82) is 5.26 Å². The maximum Gasteiger partial charge on any atom is 0.107 e. The summed E-state index contributed by atoms with van der Waals surface area (Å²) in [5, 5.41) is 21.4. The summed E-state index contributed by atoms with van der Waals surface area (Å²) in [7, 11) is 0. The molecule has 1 unspecified atom stereocenters. The molecule has 0 aromatic carbocycles. The lowest BCUT2D eigenvalue weighted by Gasteiger charge is -2.34. The Morgan fingerprint density at radius 2 is 2.27 bits per heavy atom. The van der Waals surface area contributed by atoms with Crippen molar-refractivity contribution in [3.05, 3.63) is 22.4 Å². The van der Waals surface area contributed by atoms with E-state index in [1.165, 1.54) is 11.3 Å². The summed E-state index contributed by atoms with van der Waals surface area (Å²) in [5.41, 5.74) is -0.650. The van der Waals surface area contributed by atoms with Crippen molar-refractivity contribution in [2.24, 2.45) is 5.41 Å². The van der Waals surface area contributed by atoms with Crippen LogP contribution in [0.1, 0.15) is 23.8 Å². The van der Waals surface area contributed by atoms with Crippen molar-refractivity contribution in [2.45, 2.75) is 18.9 Å². The zero-order chi connectivity index (χ0) is 10.7. The van der Waals surface area contributed by atoms with E-state index < -0.39 is 11.5 Å². The molecule has 0 bridgehead atoms. The second-order valence-corrected chi connectivity index (χ2v) is 4.78. The molecule has 2 heterocycles. The van der Waals surface area contributed by atoms with Gasteiger partial charge in [-0.05, 0) is 24.3 Å². The third kappa shape index (κ3) is 1.91. The van der Waals surface area contributed by atoms with Crippen molar-refractivity contribution in [3.8, 4) is 6.07 Å². The Hall–Kier alpha value is -0.890. The molecule has 15 heavy (non-hydrogen) atoms. The van der Waals surface area contributed by atoms with Gasteiger partial charge in [0.2, 0.25) is 0 Å². The summed E-state index contributed by atoms with van der Waals surface area (Å²) in [6.07, 6.45) is 0.553. The fraction of sp³-hybridized carbons (Fsp3) is 0.545. The van der Waals surface area contributed by atoms with Gasteiger partial charge in [-0.1, -0.05) is 6.07 Å². The molecule has 1 fully saturated rings. The van der Waals surface area contributed by atoms with Crippen molar-refractivity contribution < 1.29 is 9.84 Å². The van der Waals surface area contributed by atoms with E-state index in [0.717, 1.165) is 4.88 Å². The molecule has 1 aliphatic rings. The van der Waals surface area contributed by atoms with Gasteiger partial charge in [-0.3, -0.25) is 0 Å². The highest BCUT2D eigenvalue weighted by Gasteiger charge is 2.41. The highest BCUT2D eigenvalue weighted by Crippen LogP contribution is 2.43. The quantitative estimate of drug-likeness (QED) is 0.835. The highest BCUT2D eigenvalue weighted by atomic mass is 32.1. The minimum atomic E-state index is -0.675. The lowest BCUT2D eigenvalue weighted by atomic mass is 9.76. The molecule has 0 radical (unpaired) electrons. The number of nitrogens with zero attached hydrogens (tertiary/aromatic N) is 1. The first-order chi connectivity index (χ1) is 7.28. The highest BCUT2D eigenvalue weighted by molar-refractivity contribution is 7.10. The first kappa shape index (κ1) is 10.6. The smallest absolute Gasteiger partial charge is 0.107 e. The number of ether oxygens (including phenoxy) is 1. The molecule has 1 N–H and O–H groups in total. The number of hydrogen-bond donors (Lipinski definition) is 1. The molecule has 1 aromatic rings. The summed E-state index contributed by atoms with van der Waals surface area (Å²) in [5.74, 6) is 0. The van der Waals surface area contributed by atoms with Crippen LogP contribution in [0.2, 0.25) is 0 Å². The molecular weight excluding hydrogens is 210 g/mol. The molecule has 0 aliphatic carbocycles. The van der Waals surface area contributed by atoms with Crippen molar-refractivity contribution in [1.82, 2.24) is 0 Å². The van der Waals surface area contributed by atoms with E-state index in [1.54, 1.807) is 0 Å². The number of nitriles is 1. The summed E-state index contributed by atoms with van der Waals surface area (Å²) < 4.78 is 5.24. The van der Waals surface area contributed by atoms with Crippen molar-refractivity contribution >= 4 is 11.3 Å². The van der Waals surface area contributed by atoms with Gasteiger partial charge < -0.3 is 9.84 Å². The molecular formula is C11H13NO2S. The minimum absolute atomic E-state index is 0.565. The van der Waals surface area contributed by atoms with E-state index in [2.05, 4.69) is 6.07 Å². The Morgan fingerprint density at radius 1 is 1.53 bits per heavy atom. The molecule has 1 atom stereocenters. The van der Waals surface area contributed by atoms with Gasteiger partial charge in [0.15, 0.2) is 0 Å². The van der Waals surface area contributed by atoms with Gasteiger partial charge in [-0.25, -0.2) is 0 Å². The first-order valence-corrected chi connectivity index (χ1v) is 5.87. The lowest BCUT2D eigenvalue weighted by molar-refractivity contribution is -0.0295. The van der Waals surface area contributed by atoms with Crippen molar-refractivity contribution in [3.63, 3.8) is 0 Å². The number of aliphatic hydroxyl groups is 1. The maximum atomic E-state index is 10.2. The molecule has 0 amide bonds. The van der Waals surface area contributed by atoms with Gasteiger partial charge in [0.25, 0.3) is 0 Å². The Labute approximate surface area is 92.9 Å². The SMILES string of the molecule is N#CC1(C(O)c2cccs2)CCOCC1. The zero-order valence-corrected chi connectivity index (χ0v) is 9.17. The van der Waals surface area contributed by atoms with Crippen LogP contribution >= 0.6 is 11.3 Å². The van der Waals surface area contributed by atoms with Crippen LogP contribution in [0.3, 0.4) is 0 Å². The Bertz CT molecular complexity index is 349. The van der Waals surface area contributed by atoms with Gasteiger partial charge in [0.05, 0.1) is 11.5 Å². The molecule has 1 aliphatic heterocycles. The maximum absolute atomic E-state index is 10.2. The summed E-state index contributed by atoms with van der Waals surface area (Å²) in [6.45, 7) is 1.13. The fourth-order valence-corrected chi connectivity index (χ4v) is 2.73. The Morgan fingerprint density at radius 3 is 2.80 bits per heavy atom. The monoisotopic (exact) mass is 223 g/mol. The van der Waals surface area contributed by atoms with E-state index in [-0.39, 0.29) is 0 Å². The van der Waals surface area contributed by atoms with Crippen LogP contribution in [-0.4, -0.2) is 18.3 Å². The van der Waals surface area contributed by atoms with E-state index >= 15 is 0 Å². The lowest BCUT2D eigenvalue weighted by Crippen LogP contribution is -2.33. The third-order valence-corrected chi connectivity index (χ3v) is 3.87. The predicted molar refractivity (Wildman–Crippen MR) is 57.4 cm³/mol. The van der Waals surface area contributed by atoms with E-state index in [9.17, 15) is 10.4 Å². The van der Waals surface area contributed by atoms with Gasteiger partial charge in [0, 0.05) is 18.1 Å². The van der Waals surface area contributed by atoms with Crippen LogP contribution in [0.25, 0.3) is 0 Å². The normalized spacial score (nSPS) is 21.9. The van der Waals surface area contributed by atoms with Crippen LogP contribution in [0.4, 0.5) is 0 Å². The van der Waals surface area contributed by atoms with Crippen LogP contribution in [0, 0.1) is 16.7 Å². The topological polar surface area (TPSA) is 53.2 Å². The number of hydrogen-bond acceptors (Lipinski definition) is 4. The second-order valence-electron chi connectivity index (χ2n) is 3.80. The minimum Gasteiger partial charge on any atom is -0.386 e. The van der Waals surface area contributed by atoms with Crippen LogP contribution in [-0.2, 0) is 4.74 Å². The molecule has 80 valence electrons. The van der Waals surface area contributed by atoms with Gasteiger partial charge in [0.1, 0.15) is 6.10 Å². The fourth-order valence-electron chi connectivity index (χ4n) is 1.90. The van der Waals surface area contributed by atoms with Crippen molar-refractivity contribution in [2.75, 3.05) is 13.2 Å². The largest absolute Gasteiger partial charge is 0.386 e. The van der Waals surface area contributed by atoms with Gasteiger partial charge in [-0.2, -0.15) is 5.26 Å². The molecule has 2 rings (SSSR count). The summed E-state index contributed by atoms with van der Waals surface area (Å²) in [6, 6.07) is 6.06. The van der Waals surface area contributed by atoms with E-state index in [4.69, 9.17) is 4.74 Å². The molecule has 1 aromatic heterocycles. The number of aliphatic hydroxyl groups excluding tert-OH is 1. The average molecular weight is 223 g/mol. The van der Waals surface area contributed by atoms with E-state index in [1.807, 2.05) is 17.5 Å². The van der Waals surface area contributed by atoms with Gasteiger partial charge in [-0.15, -0.1) is 11.3 Å². The third-order valence-electron chi connectivity index (χ3n) is 2.94. The van der Waals surface area contributed by atoms with Crippen LogP contribution in [0.5, 0.6) is 0 Å². The Balaban J connectivity index is 2.23. The standard InChI is InChI=1S/C11H13NO2S/c12-8-11(3-5-14-6-4-11)10(13)9-2-1-7-15-9/h1-2,7,10,13H,3-6H2. The molecule has 3 nitrogen and oxygen atoms in total. The Kier molecular flexibility index (Phi) is 3.06. The van der Waals surface area contributed by atoms with E-state index in [0.29, 0.717) is 26.1 Å². The second kappa shape index (κ2) is 4.31. The van der Waals surface area contributed by atoms with Crippen LogP contribution < -0.4 is 0 Å². The molecule has 0 saturated carbocycles. The summed E-state index contributed by atoms with van der Waals surface area (Å²) >= 11 is 1.50. The molecule has 1 saturated heterocycles.